The first-order valence-electron chi connectivity index (χ1n) is 10.8. The minimum atomic E-state index is -0.0290. The number of amides is 2. The van der Waals surface area contributed by atoms with Crippen molar-refractivity contribution < 1.29 is 9.59 Å². The van der Waals surface area contributed by atoms with Crippen LogP contribution in [-0.2, 0) is 0 Å². The topological polar surface area (TPSA) is 58.2 Å². The van der Waals surface area contributed by atoms with Crippen molar-refractivity contribution in [3.05, 3.63) is 71.8 Å². The maximum Gasteiger partial charge on any atom is 0.251 e. The number of hydrogen-bond donors (Lipinski definition) is 2. The molecule has 1 atom stereocenters. The van der Waals surface area contributed by atoms with Gasteiger partial charge in [-0.25, -0.2) is 0 Å². The normalized spacial score (nSPS) is 12.8. The van der Waals surface area contributed by atoms with E-state index in [0.717, 1.165) is 38.5 Å². The first-order valence-corrected chi connectivity index (χ1v) is 10.8. The third kappa shape index (κ3) is 7.37. The lowest BCUT2D eigenvalue weighted by Crippen LogP contribution is -2.38. The van der Waals surface area contributed by atoms with Crippen molar-refractivity contribution in [3.8, 4) is 0 Å². The summed E-state index contributed by atoms with van der Waals surface area (Å²) >= 11 is 0. The summed E-state index contributed by atoms with van der Waals surface area (Å²) in [6, 6.07) is 18.7. The molecule has 0 aromatic heterocycles. The van der Waals surface area contributed by atoms with Gasteiger partial charge in [0, 0.05) is 24.2 Å². The molecule has 29 heavy (non-hydrogen) atoms. The molecule has 2 aromatic rings. The Labute approximate surface area is 175 Å². The van der Waals surface area contributed by atoms with E-state index in [9.17, 15) is 9.59 Å². The predicted octanol–water partition coefficient (Wildman–Crippen LogP) is 5.21. The summed E-state index contributed by atoms with van der Waals surface area (Å²) in [6.07, 6.45) is 6.26. The Balaban J connectivity index is 1.88. The quantitative estimate of drug-likeness (QED) is 0.485. The fraction of sp³-hybridized carbons (Fsp3) is 0.440. The minimum absolute atomic E-state index is 0.0164. The molecular formula is C25H34N2O2. The molecule has 0 aliphatic heterocycles. The van der Waals surface area contributed by atoms with Crippen molar-refractivity contribution in [3.63, 3.8) is 0 Å². The second-order valence-electron chi connectivity index (χ2n) is 7.73. The highest BCUT2D eigenvalue weighted by Crippen LogP contribution is 2.33. The number of benzene rings is 2. The highest BCUT2D eigenvalue weighted by Gasteiger charge is 2.28. The SMILES string of the molecule is CCCC[C@](CC)(CCCNC(=O)c1ccccc1)CNC(=O)c1ccccc1. The Bertz CT molecular complexity index is 746. The largest absolute Gasteiger partial charge is 0.352 e. The Kier molecular flexibility index (Phi) is 9.42. The molecule has 0 fully saturated rings. The molecule has 156 valence electrons. The van der Waals surface area contributed by atoms with Gasteiger partial charge in [0.05, 0.1) is 0 Å². The molecule has 0 heterocycles. The maximum absolute atomic E-state index is 12.5. The fourth-order valence-corrected chi connectivity index (χ4v) is 3.65. The van der Waals surface area contributed by atoms with Gasteiger partial charge in [0.1, 0.15) is 0 Å². The van der Waals surface area contributed by atoms with Crippen molar-refractivity contribution in [2.24, 2.45) is 5.41 Å². The van der Waals surface area contributed by atoms with Crippen LogP contribution in [0.5, 0.6) is 0 Å². The van der Waals surface area contributed by atoms with Gasteiger partial charge in [-0.1, -0.05) is 63.1 Å². The fourth-order valence-electron chi connectivity index (χ4n) is 3.65. The van der Waals surface area contributed by atoms with Crippen LogP contribution in [0.1, 0.15) is 73.1 Å². The van der Waals surface area contributed by atoms with Crippen molar-refractivity contribution in [1.82, 2.24) is 10.6 Å². The highest BCUT2D eigenvalue weighted by molar-refractivity contribution is 5.94. The van der Waals surface area contributed by atoms with Crippen LogP contribution in [0, 0.1) is 5.41 Å². The summed E-state index contributed by atoms with van der Waals surface area (Å²) in [5.74, 6) is -0.0454. The van der Waals surface area contributed by atoms with Gasteiger partial charge < -0.3 is 10.6 Å². The van der Waals surface area contributed by atoms with Gasteiger partial charge in [0.2, 0.25) is 0 Å². The lowest BCUT2D eigenvalue weighted by atomic mass is 9.76. The third-order valence-electron chi connectivity index (χ3n) is 5.68. The van der Waals surface area contributed by atoms with Gasteiger partial charge >= 0.3 is 0 Å². The molecule has 4 nitrogen and oxygen atoms in total. The molecule has 0 aliphatic rings. The summed E-state index contributed by atoms with van der Waals surface area (Å²) in [5.41, 5.74) is 1.45. The summed E-state index contributed by atoms with van der Waals surface area (Å²) in [5, 5.41) is 6.17. The molecule has 0 saturated carbocycles. The van der Waals surface area contributed by atoms with E-state index in [-0.39, 0.29) is 17.2 Å². The van der Waals surface area contributed by atoms with Gasteiger partial charge in [-0.2, -0.15) is 0 Å². The van der Waals surface area contributed by atoms with Crippen molar-refractivity contribution in [1.29, 1.82) is 0 Å². The molecule has 0 spiro atoms. The zero-order chi connectivity index (χ0) is 21.0. The first-order chi connectivity index (χ1) is 14.1. The maximum atomic E-state index is 12.5. The smallest absolute Gasteiger partial charge is 0.251 e. The molecular weight excluding hydrogens is 360 g/mol. The molecule has 0 bridgehead atoms. The van der Waals surface area contributed by atoms with E-state index in [4.69, 9.17) is 0 Å². The third-order valence-corrected chi connectivity index (χ3v) is 5.68. The summed E-state index contributed by atoms with van der Waals surface area (Å²) in [4.78, 5) is 24.7. The van der Waals surface area contributed by atoms with E-state index in [2.05, 4.69) is 24.5 Å². The van der Waals surface area contributed by atoms with E-state index in [1.54, 1.807) is 0 Å². The van der Waals surface area contributed by atoms with E-state index in [1.807, 2.05) is 60.7 Å². The van der Waals surface area contributed by atoms with Crippen molar-refractivity contribution in [2.75, 3.05) is 13.1 Å². The van der Waals surface area contributed by atoms with Crippen LogP contribution in [0.2, 0.25) is 0 Å². The van der Waals surface area contributed by atoms with Crippen LogP contribution >= 0.6 is 0 Å². The summed E-state index contributed by atoms with van der Waals surface area (Å²) < 4.78 is 0. The number of unbranched alkanes of at least 4 members (excludes halogenated alkanes) is 1. The van der Waals surface area contributed by atoms with E-state index in [1.165, 1.54) is 0 Å². The van der Waals surface area contributed by atoms with E-state index in [0.29, 0.717) is 24.2 Å². The number of carbonyl (C=O) groups excluding carboxylic acids is 2. The van der Waals surface area contributed by atoms with Gasteiger partial charge in [0.25, 0.3) is 11.8 Å². The molecule has 2 aromatic carbocycles. The van der Waals surface area contributed by atoms with Crippen molar-refractivity contribution >= 4 is 11.8 Å². The average molecular weight is 395 g/mol. The van der Waals surface area contributed by atoms with Gasteiger partial charge in [-0.3, -0.25) is 9.59 Å². The van der Waals surface area contributed by atoms with Crippen LogP contribution in [-0.4, -0.2) is 24.9 Å². The van der Waals surface area contributed by atoms with Crippen LogP contribution in [0.4, 0.5) is 0 Å². The standard InChI is InChI=1S/C25H34N2O2/c1-3-5-17-25(4-2,20-27-24(29)22-15-10-7-11-16-22)18-12-19-26-23(28)21-13-8-6-9-14-21/h6-11,13-16H,3-5,12,17-20H2,1-2H3,(H,26,28)(H,27,29)/t25-/m1/s1. The average Bonchev–Trinajstić information content (AvgIpc) is 2.79. The van der Waals surface area contributed by atoms with E-state index >= 15 is 0 Å². The lowest BCUT2D eigenvalue weighted by Gasteiger charge is -2.33. The number of nitrogens with one attached hydrogen (secondary N) is 2. The molecule has 2 amide bonds. The zero-order valence-corrected chi connectivity index (χ0v) is 17.7. The van der Waals surface area contributed by atoms with Crippen LogP contribution in [0.15, 0.2) is 60.7 Å². The Morgan fingerprint density at radius 3 is 1.79 bits per heavy atom. The molecule has 2 rings (SSSR count). The second-order valence-corrected chi connectivity index (χ2v) is 7.73. The summed E-state index contributed by atoms with van der Waals surface area (Å²) in [6.45, 7) is 5.72. The van der Waals surface area contributed by atoms with Crippen LogP contribution < -0.4 is 10.6 Å². The van der Waals surface area contributed by atoms with Gasteiger partial charge in [-0.05, 0) is 55.4 Å². The van der Waals surface area contributed by atoms with Gasteiger partial charge in [0.15, 0.2) is 0 Å². The Hall–Kier alpha value is -2.62. The second kappa shape index (κ2) is 12.1. The molecule has 0 radical (unpaired) electrons. The number of hydrogen-bond acceptors (Lipinski definition) is 2. The molecule has 0 saturated heterocycles. The zero-order valence-electron chi connectivity index (χ0n) is 17.7. The molecule has 2 N–H and O–H groups in total. The summed E-state index contributed by atoms with van der Waals surface area (Å²) in [7, 11) is 0. The number of rotatable bonds is 12. The minimum Gasteiger partial charge on any atom is -0.352 e. The predicted molar refractivity (Wildman–Crippen MR) is 119 cm³/mol. The first kappa shape index (κ1) is 22.7. The van der Waals surface area contributed by atoms with Crippen LogP contribution in [0.3, 0.4) is 0 Å². The van der Waals surface area contributed by atoms with E-state index < -0.39 is 0 Å². The van der Waals surface area contributed by atoms with Gasteiger partial charge in [-0.15, -0.1) is 0 Å². The van der Waals surface area contributed by atoms with Crippen molar-refractivity contribution in [2.45, 2.75) is 52.4 Å². The number of carbonyl (C=O) groups is 2. The molecule has 0 aliphatic carbocycles. The lowest BCUT2D eigenvalue weighted by molar-refractivity contribution is 0.0916. The Morgan fingerprint density at radius 2 is 1.28 bits per heavy atom. The van der Waals surface area contributed by atoms with Crippen LogP contribution in [0.25, 0.3) is 0 Å². The molecule has 4 heteroatoms. The monoisotopic (exact) mass is 394 g/mol. The Morgan fingerprint density at radius 1 is 0.759 bits per heavy atom. The highest BCUT2D eigenvalue weighted by atomic mass is 16.2. The molecule has 0 unspecified atom stereocenters.